The molecule has 0 radical (unpaired) electrons. The summed E-state index contributed by atoms with van der Waals surface area (Å²) in [6, 6.07) is 12.1. The Balaban J connectivity index is 1.60. The van der Waals surface area contributed by atoms with Gasteiger partial charge in [0.1, 0.15) is 6.07 Å². The fourth-order valence-corrected chi connectivity index (χ4v) is 4.42. The Morgan fingerprint density at radius 2 is 2.00 bits per heavy atom. The normalized spacial score (nSPS) is 17.6. The van der Waals surface area contributed by atoms with Crippen molar-refractivity contribution in [3.05, 3.63) is 75.7 Å². The first-order chi connectivity index (χ1) is 17.6. The lowest BCUT2D eigenvalue weighted by molar-refractivity contribution is 0.260. The second-order valence-corrected chi connectivity index (χ2v) is 11.2. The van der Waals surface area contributed by atoms with E-state index in [1.54, 1.807) is 24.4 Å². The highest BCUT2D eigenvalue weighted by atomic mass is 35.5. The number of rotatable bonds is 7. The second kappa shape index (κ2) is 9.70. The van der Waals surface area contributed by atoms with Crippen LogP contribution in [0, 0.1) is 16.7 Å². The fraction of sp³-hybridized carbons (Fsp3) is 0.333. The molecule has 3 aromatic rings. The number of hydrogen-bond acceptors (Lipinski definition) is 7. The molecule has 1 aromatic heterocycles. The fourth-order valence-electron chi connectivity index (χ4n) is 4.02. The van der Waals surface area contributed by atoms with Gasteiger partial charge in [0.25, 0.3) is 0 Å². The van der Waals surface area contributed by atoms with Crippen molar-refractivity contribution in [3.63, 3.8) is 0 Å². The van der Waals surface area contributed by atoms with Crippen LogP contribution in [0.15, 0.2) is 54.5 Å². The maximum absolute atomic E-state index is 9.77. The van der Waals surface area contributed by atoms with E-state index in [1.807, 2.05) is 29.4 Å². The Morgan fingerprint density at radius 1 is 1.25 bits per heavy atom. The van der Waals surface area contributed by atoms with E-state index in [9.17, 15) is 6.63 Å². The Labute approximate surface area is 222 Å². The van der Waals surface area contributed by atoms with Gasteiger partial charge in [0.15, 0.2) is 0 Å². The third-order valence-electron chi connectivity index (χ3n) is 6.04. The number of hydrogen-bond donors (Lipinski definition) is 4. The minimum absolute atomic E-state index is 0.00601. The molecule has 0 spiro atoms. The molecule has 1 atom stereocenters. The van der Waals surface area contributed by atoms with E-state index >= 15 is 0 Å². The van der Waals surface area contributed by atoms with Gasteiger partial charge in [0.2, 0.25) is 0 Å². The third-order valence-corrected chi connectivity index (χ3v) is 6.58. The Bertz CT molecular complexity index is 1410. The number of aromatic nitrogens is 1. The zero-order valence-electron chi connectivity index (χ0n) is 21.4. The molecule has 0 unspecified atom stereocenters. The highest BCUT2D eigenvalue weighted by molar-refractivity contribution is 6.36. The van der Waals surface area contributed by atoms with Gasteiger partial charge in [0.05, 0.1) is 34.9 Å². The highest BCUT2D eigenvalue weighted by Gasteiger charge is 2.32. The standard InChI is InChI=1S/C27H29Cl2N7/c1-27(2,3)15-32-24-17(12-30)13-31-26-21(24)10-19(11-22(26)29)33-25(16-4-6-18(28)7-5-16)23-14-36(35-34-23)20-8-9-20/h4-7,10-11,13-14,20,25,33-35H,8-9,15H2,1-3H3,(H,31,32)/t25-/m0/s1/i25D. The van der Waals surface area contributed by atoms with Gasteiger partial charge in [-0.2, -0.15) is 5.26 Å². The molecule has 1 fully saturated rings. The van der Waals surface area contributed by atoms with Crippen molar-refractivity contribution in [1.29, 1.82) is 5.26 Å². The molecule has 7 nitrogen and oxygen atoms in total. The maximum atomic E-state index is 9.77. The Hall–Kier alpha value is -3.18. The number of pyridine rings is 1. The molecule has 2 aliphatic rings. The lowest BCUT2D eigenvalue weighted by Gasteiger charge is -2.23. The molecule has 9 heteroatoms. The van der Waals surface area contributed by atoms with E-state index < -0.39 is 6.02 Å². The summed E-state index contributed by atoms with van der Waals surface area (Å²) in [5.41, 5.74) is 9.97. The van der Waals surface area contributed by atoms with Gasteiger partial charge in [-0.25, -0.2) is 0 Å². The predicted octanol–water partition coefficient (Wildman–Crippen LogP) is 6.35. The zero-order chi connectivity index (χ0) is 26.4. The molecular weight excluding hydrogens is 493 g/mol. The molecule has 0 amide bonds. The van der Waals surface area contributed by atoms with Crippen LogP contribution in [0.3, 0.4) is 0 Å². The molecule has 1 aliphatic heterocycles. The summed E-state index contributed by atoms with van der Waals surface area (Å²) in [4.78, 5) is 4.45. The summed E-state index contributed by atoms with van der Waals surface area (Å²) >= 11 is 12.9. The van der Waals surface area contributed by atoms with Crippen LogP contribution in [0.5, 0.6) is 0 Å². The molecule has 186 valence electrons. The second-order valence-electron chi connectivity index (χ2n) is 10.4. The number of halogens is 2. The van der Waals surface area contributed by atoms with E-state index in [-0.39, 0.29) is 5.41 Å². The van der Waals surface area contributed by atoms with Gasteiger partial charge in [-0.3, -0.25) is 9.99 Å². The van der Waals surface area contributed by atoms with Crippen LogP contribution >= 0.6 is 23.2 Å². The first-order valence-corrected chi connectivity index (χ1v) is 12.7. The topological polar surface area (TPSA) is 88.0 Å². The Morgan fingerprint density at radius 3 is 2.67 bits per heavy atom. The molecular formula is C27H29Cl2N7. The van der Waals surface area contributed by atoms with Crippen LogP contribution in [0.25, 0.3) is 10.9 Å². The molecule has 0 saturated heterocycles. The molecule has 5 rings (SSSR count). The molecule has 2 heterocycles. The van der Waals surface area contributed by atoms with E-state index in [2.05, 4.69) is 53.4 Å². The molecule has 1 aliphatic carbocycles. The van der Waals surface area contributed by atoms with Crippen LogP contribution in [0.2, 0.25) is 10.0 Å². The van der Waals surface area contributed by atoms with Gasteiger partial charge in [-0.05, 0) is 48.1 Å². The van der Waals surface area contributed by atoms with Gasteiger partial charge in [-0.15, -0.1) is 5.53 Å². The van der Waals surface area contributed by atoms with Crippen molar-refractivity contribution >= 4 is 45.5 Å². The monoisotopic (exact) mass is 522 g/mol. The quantitative estimate of drug-likeness (QED) is 0.287. The number of nitrogens with one attached hydrogen (secondary N) is 4. The molecule has 0 bridgehead atoms. The molecule has 2 aromatic carbocycles. The summed E-state index contributed by atoms with van der Waals surface area (Å²) in [6.45, 7) is 7.02. The molecule has 36 heavy (non-hydrogen) atoms. The van der Waals surface area contributed by atoms with E-state index in [4.69, 9.17) is 23.2 Å². The van der Waals surface area contributed by atoms with Crippen molar-refractivity contribution in [3.8, 4) is 6.07 Å². The number of nitrogens with zero attached hydrogens (tertiary/aromatic N) is 3. The van der Waals surface area contributed by atoms with Crippen LogP contribution in [0.1, 0.15) is 52.1 Å². The third kappa shape index (κ3) is 5.31. The first kappa shape index (κ1) is 23.2. The van der Waals surface area contributed by atoms with Crippen molar-refractivity contribution in [2.45, 2.75) is 45.7 Å². The van der Waals surface area contributed by atoms with E-state index in [0.717, 1.165) is 12.8 Å². The van der Waals surface area contributed by atoms with Gasteiger partial charge >= 0.3 is 0 Å². The lowest BCUT2D eigenvalue weighted by Crippen LogP contribution is -2.38. The smallest absolute Gasteiger partial charge is 0.103 e. The van der Waals surface area contributed by atoms with Crippen LogP contribution in [-0.4, -0.2) is 22.6 Å². The van der Waals surface area contributed by atoms with Crippen molar-refractivity contribution in [1.82, 2.24) is 21.0 Å². The lowest BCUT2D eigenvalue weighted by atomic mass is 9.96. The van der Waals surface area contributed by atoms with Crippen molar-refractivity contribution in [2.24, 2.45) is 5.41 Å². The van der Waals surface area contributed by atoms with E-state index in [0.29, 0.717) is 61.7 Å². The average molecular weight is 523 g/mol. The number of anilines is 2. The maximum Gasteiger partial charge on any atom is 0.103 e. The van der Waals surface area contributed by atoms with Crippen LogP contribution in [-0.2, 0) is 0 Å². The number of fused-ring (bicyclic) bond motifs is 1. The van der Waals surface area contributed by atoms with Crippen molar-refractivity contribution in [2.75, 3.05) is 17.2 Å². The largest absolute Gasteiger partial charge is 0.383 e. The first-order valence-electron chi connectivity index (χ1n) is 12.4. The summed E-state index contributed by atoms with van der Waals surface area (Å²) in [5, 5.41) is 20.3. The number of benzene rings is 2. The van der Waals surface area contributed by atoms with Crippen LogP contribution < -0.4 is 21.6 Å². The molecule has 4 N–H and O–H groups in total. The average Bonchev–Trinajstić information content (AvgIpc) is 3.58. The Kier molecular flexibility index (Phi) is 6.26. The molecule has 1 saturated carbocycles. The summed E-state index contributed by atoms with van der Waals surface area (Å²) < 4.78 is 9.61. The van der Waals surface area contributed by atoms with Gasteiger partial charge in [-0.1, -0.05) is 56.1 Å². The minimum atomic E-state index is -1.39. The SMILES string of the molecule is [2H][C@@](Nc1cc(Cl)c2ncc(C#N)c(NCC(C)(C)C)c2c1)(C1=CN(C2CC2)NN1)c1ccc(Cl)cc1. The minimum Gasteiger partial charge on any atom is -0.383 e. The van der Waals surface area contributed by atoms with Gasteiger partial charge in [0, 0.05) is 41.1 Å². The summed E-state index contributed by atoms with van der Waals surface area (Å²) in [6.07, 6.45) is 5.69. The summed E-state index contributed by atoms with van der Waals surface area (Å²) in [5.74, 6) is 0. The van der Waals surface area contributed by atoms with Gasteiger partial charge < -0.3 is 16.1 Å². The van der Waals surface area contributed by atoms with E-state index in [1.165, 1.54) is 0 Å². The number of nitriles is 1. The predicted molar refractivity (Wildman–Crippen MR) is 146 cm³/mol. The number of hydrazine groups is 2. The summed E-state index contributed by atoms with van der Waals surface area (Å²) in [7, 11) is 0. The zero-order valence-corrected chi connectivity index (χ0v) is 21.9. The van der Waals surface area contributed by atoms with Crippen LogP contribution in [0.4, 0.5) is 11.4 Å². The highest BCUT2D eigenvalue weighted by Crippen LogP contribution is 2.37. The van der Waals surface area contributed by atoms with Crippen molar-refractivity contribution < 1.29 is 1.37 Å².